The van der Waals surface area contributed by atoms with E-state index in [9.17, 15) is 4.79 Å². The Hall–Kier alpha value is -1.16. The van der Waals surface area contributed by atoms with Crippen LogP contribution in [0.4, 0.5) is 0 Å². The predicted molar refractivity (Wildman–Crippen MR) is 70.0 cm³/mol. The first-order chi connectivity index (χ1) is 8.81. The summed E-state index contributed by atoms with van der Waals surface area (Å²) in [7, 11) is 1.91. The van der Waals surface area contributed by atoms with Crippen LogP contribution in [0.3, 0.4) is 0 Å². The number of rotatable bonds is 4. The Morgan fingerprint density at radius 2 is 2.16 bits per heavy atom. The van der Waals surface area contributed by atoms with Crippen molar-refractivity contribution in [2.75, 3.05) is 20.2 Å². The third-order valence-electron chi connectivity index (χ3n) is 2.84. The van der Waals surface area contributed by atoms with Crippen LogP contribution in [-0.4, -0.2) is 48.8 Å². The van der Waals surface area contributed by atoms with Crippen molar-refractivity contribution in [3.63, 3.8) is 0 Å². The third-order valence-corrected chi connectivity index (χ3v) is 2.84. The highest BCUT2D eigenvalue weighted by Gasteiger charge is 2.25. The average Bonchev–Trinajstić information content (AvgIpc) is 2.26. The molecule has 1 saturated heterocycles. The molecule has 1 aliphatic rings. The number of nitriles is 1. The maximum Gasteiger partial charge on any atom is 0.334 e. The first-order valence-electron chi connectivity index (χ1n) is 6.51. The van der Waals surface area contributed by atoms with E-state index in [1.807, 2.05) is 32.7 Å². The Labute approximate surface area is 114 Å². The van der Waals surface area contributed by atoms with Gasteiger partial charge in [-0.3, -0.25) is 9.74 Å². The second-order valence-corrected chi connectivity index (χ2v) is 5.85. The van der Waals surface area contributed by atoms with Crippen LogP contribution in [0.25, 0.3) is 0 Å². The van der Waals surface area contributed by atoms with Gasteiger partial charge < -0.3 is 4.74 Å². The Morgan fingerprint density at radius 3 is 2.68 bits per heavy atom. The number of nitrogens with zero attached hydrogens (tertiary/aromatic N) is 2. The minimum absolute atomic E-state index is 0.0242. The van der Waals surface area contributed by atoms with Crippen LogP contribution in [0.1, 0.15) is 33.6 Å². The topological polar surface area (TPSA) is 74.6 Å². The zero-order valence-electron chi connectivity index (χ0n) is 12.1. The van der Waals surface area contributed by atoms with Crippen LogP contribution in [-0.2, 0) is 14.4 Å². The average molecular weight is 269 g/mol. The third kappa shape index (κ3) is 6.01. The second-order valence-electron chi connectivity index (χ2n) is 5.85. The normalized spacial score (nSPS) is 24.8. The Balaban J connectivity index is 2.21. The van der Waals surface area contributed by atoms with E-state index in [1.165, 1.54) is 0 Å². The lowest BCUT2D eigenvalue weighted by molar-refractivity contribution is -0.164. The maximum atomic E-state index is 11.4. The molecule has 0 unspecified atom stereocenters. The van der Waals surface area contributed by atoms with Gasteiger partial charge >= 0.3 is 5.97 Å². The highest BCUT2D eigenvalue weighted by molar-refractivity contribution is 5.71. The van der Waals surface area contributed by atoms with Gasteiger partial charge in [-0.2, -0.15) is 10.7 Å². The number of carbonyl (C=O) groups is 1. The van der Waals surface area contributed by atoms with Gasteiger partial charge in [0.25, 0.3) is 0 Å². The summed E-state index contributed by atoms with van der Waals surface area (Å²) in [6.45, 7) is 6.06. The molecule has 0 aromatic rings. The van der Waals surface area contributed by atoms with E-state index in [4.69, 9.17) is 14.8 Å². The summed E-state index contributed by atoms with van der Waals surface area (Å²) in [5, 5.41) is 8.90. The molecule has 2 atom stereocenters. The van der Waals surface area contributed by atoms with Crippen molar-refractivity contribution < 1.29 is 14.4 Å². The molecule has 0 bridgehead atoms. The highest BCUT2D eigenvalue weighted by atomic mass is 16.7. The fraction of sp³-hybridized carbons (Fsp3) is 0.846. The van der Waals surface area contributed by atoms with Gasteiger partial charge in [-0.25, -0.2) is 4.79 Å². The monoisotopic (exact) mass is 269 g/mol. The SMILES string of the molecule is CN1C[C@H](NOCC(=O)OC(C)(C)C)CC[C@H]1C#N. The summed E-state index contributed by atoms with van der Waals surface area (Å²) in [6.07, 6.45) is 1.66. The van der Waals surface area contributed by atoms with Crippen molar-refractivity contribution in [2.45, 2.75) is 51.3 Å². The number of likely N-dealkylation sites (N-methyl/N-ethyl adjacent to an activating group) is 1. The number of piperidine rings is 1. The lowest BCUT2D eigenvalue weighted by atomic mass is 10.0. The van der Waals surface area contributed by atoms with E-state index in [2.05, 4.69) is 11.5 Å². The Morgan fingerprint density at radius 1 is 1.47 bits per heavy atom. The van der Waals surface area contributed by atoms with Gasteiger partial charge in [0.1, 0.15) is 5.60 Å². The van der Waals surface area contributed by atoms with Gasteiger partial charge in [-0.15, -0.1) is 0 Å². The van der Waals surface area contributed by atoms with Crippen molar-refractivity contribution >= 4 is 5.97 Å². The largest absolute Gasteiger partial charge is 0.458 e. The standard InChI is InChI=1S/C13H23N3O3/c1-13(2,3)19-12(17)9-18-15-10-5-6-11(7-14)16(4)8-10/h10-11,15H,5-6,8-9H2,1-4H3/t10-,11+/m1/s1. The van der Waals surface area contributed by atoms with E-state index in [0.717, 1.165) is 19.4 Å². The summed E-state index contributed by atoms with van der Waals surface area (Å²) in [5.74, 6) is -0.390. The molecule has 0 aromatic carbocycles. The maximum absolute atomic E-state index is 11.4. The molecule has 0 spiro atoms. The molecule has 6 heteroatoms. The zero-order chi connectivity index (χ0) is 14.5. The minimum atomic E-state index is -0.495. The van der Waals surface area contributed by atoms with E-state index in [0.29, 0.717) is 0 Å². The van der Waals surface area contributed by atoms with Gasteiger partial charge in [0.2, 0.25) is 0 Å². The molecule has 0 aliphatic carbocycles. The summed E-state index contributed by atoms with van der Waals surface area (Å²) in [5.41, 5.74) is 2.37. The quantitative estimate of drug-likeness (QED) is 0.602. The van der Waals surface area contributed by atoms with Crippen LogP contribution < -0.4 is 5.48 Å². The number of esters is 1. The van der Waals surface area contributed by atoms with Gasteiger partial charge in [-0.1, -0.05) is 0 Å². The molecular formula is C13H23N3O3. The Kier molecular flexibility index (Phi) is 5.73. The van der Waals surface area contributed by atoms with E-state index in [1.54, 1.807) is 0 Å². The van der Waals surface area contributed by atoms with Crippen LogP contribution in [0.5, 0.6) is 0 Å². The lowest BCUT2D eigenvalue weighted by Gasteiger charge is -2.33. The molecule has 1 heterocycles. The van der Waals surface area contributed by atoms with Crippen molar-refractivity contribution in [3.8, 4) is 6.07 Å². The predicted octanol–water partition coefficient (Wildman–Crippen LogP) is 0.836. The fourth-order valence-electron chi connectivity index (χ4n) is 1.99. The van der Waals surface area contributed by atoms with Crippen LogP contribution in [0.15, 0.2) is 0 Å². The minimum Gasteiger partial charge on any atom is -0.458 e. The fourth-order valence-corrected chi connectivity index (χ4v) is 1.99. The molecule has 0 amide bonds. The number of hydroxylamine groups is 1. The molecule has 1 aliphatic heterocycles. The zero-order valence-corrected chi connectivity index (χ0v) is 12.1. The van der Waals surface area contributed by atoms with Gasteiger partial charge in [0.05, 0.1) is 12.1 Å². The second kappa shape index (κ2) is 6.85. The first-order valence-corrected chi connectivity index (χ1v) is 6.51. The molecule has 6 nitrogen and oxygen atoms in total. The Bertz CT molecular complexity index is 346. The smallest absolute Gasteiger partial charge is 0.334 e. The summed E-state index contributed by atoms with van der Waals surface area (Å²) in [4.78, 5) is 18.6. The summed E-state index contributed by atoms with van der Waals surface area (Å²) in [6, 6.07) is 2.37. The summed E-state index contributed by atoms with van der Waals surface area (Å²) >= 11 is 0. The highest BCUT2D eigenvalue weighted by Crippen LogP contribution is 2.15. The number of hydrogen-bond acceptors (Lipinski definition) is 6. The van der Waals surface area contributed by atoms with Gasteiger partial charge in [-0.05, 0) is 40.7 Å². The van der Waals surface area contributed by atoms with Crippen molar-refractivity contribution in [1.29, 1.82) is 5.26 Å². The lowest BCUT2D eigenvalue weighted by Crippen LogP contribution is -2.48. The molecule has 1 rings (SSSR count). The number of likely N-dealkylation sites (tertiary alicyclic amines) is 1. The van der Waals surface area contributed by atoms with E-state index >= 15 is 0 Å². The molecule has 0 aromatic heterocycles. The molecular weight excluding hydrogens is 246 g/mol. The van der Waals surface area contributed by atoms with Crippen molar-refractivity contribution in [3.05, 3.63) is 0 Å². The number of hydrogen-bond donors (Lipinski definition) is 1. The molecule has 0 saturated carbocycles. The molecule has 19 heavy (non-hydrogen) atoms. The van der Waals surface area contributed by atoms with Crippen molar-refractivity contribution in [1.82, 2.24) is 10.4 Å². The van der Waals surface area contributed by atoms with Crippen LogP contribution >= 0.6 is 0 Å². The van der Waals surface area contributed by atoms with Crippen LogP contribution in [0.2, 0.25) is 0 Å². The molecule has 1 N–H and O–H groups in total. The summed E-state index contributed by atoms with van der Waals surface area (Å²) < 4.78 is 5.13. The van der Waals surface area contributed by atoms with E-state index in [-0.39, 0.29) is 24.7 Å². The van der Waals surface area contributed by atoms with Gasteiger partial charge in [0.15, 0.2) is 6.61 Å². The number of carbonyl (C=O) groups excluding carboxylic acids is 1. The van der Waals surface area contributed by atoms with Crippen LogP contribution in [0, 0.1) is 11.3 Å². The molecule has 0 radical (unpaired) electrons. The number of ether oxygens (including phenoxy) is 1. The molecule has 108 valence electrons. The van der Waals surface area contributed by atoms with E-state index < -0.39 is 5.60 Å². The van der Waals surface area contributed by atoms with Crippen molar-refractivity contribution in [2.24, 2.45) is 0 Å². The molecule has 1 fully saturated rings. The number of nitrogens with one attached hydrogen (secondary N) is 1. The first kappa shape index (κ1) is 15.9. The van der Waals surface area contributed by atoms with Gasteiger partial charge in [0, 0.05) is 12.6 Å².